The minimum absolute atomic E-state index is 0.115. The summed E-state index contributed by atoms with van der Waals surface area (Å²) in [7, 11) is 0. The molecule has 2 aromatic carbocycles. The molecule has 162 valence electrons. The predicted octanol–water partition coefficient (Wildman–Crippen LogP) is 4.86. The highest BCUT2D eigenvalue weighted by Crippen LogP contribution is 2.36. The molecule has 4 nitrogen and oxygen atoms in total. The number of alkyl halides is 6. The number of nitrogens with two attached hydrogens (primary N) is 1. The molecule has 0 saturated carbocycles. The van der Waals surface area contributed by atoms with Gasteiger partial charge in [-0.3, -0.25) is 9.59 Å². The summed E-state index contributed by atoms with van der Waals surface area (Å²) < 4.78 is 77.7. The molecule has 0 radical (unpaired) electrons. The highest BCUT2D eigenvalue weighted by atomic mass is 35.5. The topological polar surface area (TPSA) is 72.2 Å². The van der Waals surface area contributed by atoms with Crippen LogP contribution in [0.15, 0.2) is 36.4 Å². The Kier molecular flexibility index (Phi) is 6.93. The van der Waals surface area contributed by atoms with Gasteiger partial charge in [0.25, 0.3) is 5.91 Å². The van der Waals surface area contributed by atoms with Gasteiger partial charge in [-0.1, -0.05) is 29.3 Å². The number of hydrogen-bond acceptors (Lipinski definition) is 2. The van der Waals surface area contributed by atoms with Crippen molar-refractivity contribution < 1.29 is 35.9 Å². The van der Waals surface area contributed by atoms with Crippen LogP contribution in [0.1, 0.15) is 27.0 Å². The molecule has 0 fully saturated rings. The van der Waals surface area contributed by atoms with Crippen LogP contribution in [0.4, 0.5) is 26.3 Å². The lowest BCUT2D eigenvalue weighted by Gasteiger charge is -2.18. The molecule has 2 amide bonds. The van der Waals surface area contributed by atoms with Crippen molar-refractivity contribution in [3.05, 3.63) is 68.7 Å². The first-order valence-corrected chi connectivity index (χ1v) is 8.77. The van der Waals surface area contributed by atoms with E-state index in [-0.39, 0.29) is 34.7 Å². The van der Waals surface area contributed by atoms with E-state index in [0.29, 0.717) is 5.56 Å². The molecule has 30 heavy (non-hydrogen) atoms. The molecule has 0 aromatic heterocycles. The van der Waals surface area contributed by atoms with Gasteiger partial charge in [-0.2, -0.15) is 26.3 Å². The van der Waals surface area contributed by atoms with Crippen LogP contribution in [0.5, 0.6) is 0 Å². The fourth-order valence-corrected chi connectivity index (χ4v) is 2.94. The minimum atomic E-state index is -5.13. The van der Waals surface area contributed by atoms with E-state index in [0.717, 1.165) is 0 Å². The normalized spacial score (nSPS) is 13.1. The fraction of sp³-hybridized carbons (Fsp3) is 0.222. The van der Waals surface area contributed by atoms with Crippen LogP contribution in [-0.2, 0) is 23.6 Å². The van der Waals surface area contributed by atoms with E-state index in [2.05, 4.69) is 0 Å². The number of carbonyl (C=O) groups is 2. The quantitative estimate of drug-likeness (QED) is 0.610. The van der Waals surface area contributed by atoms with Crippen LogP contribution < -0.4 is 11.1 Å². The summed E-state index contributed by atoms with van der Waals surface area (Å²) in [5.41, 5.74) is 1.26. The maximum atomic E-state index is 13.0. The Balaban J connectivity index is 2.36. The maximum absolute atomic E-state index is 13.0. The van der Waals surface area contributed by atoms with E-state index in [1.807, 2.05) is 5.32 Å². The standard InChI is InChI=1S/C18H12Cl2F6N2O2/c19-12-2-1-8(13(20)7-12)5-14(15(27)29)28-16(30)9-3-10(17(21,22)23)6-11(4-9)18(24,25)26/h1-4,6-7,14H,5H2,(H2,27,29)(H,28,30)/t14-/m1/s1. The second-order valence-corrected chi connectivity index (χ2v) is 7.01. The van der Waals surface area contributed by atoms with Crippen LogP contribution in [-0.4, -0.2) is 17.9 Å². The van der Waals surface area contributed by atoms with E-state index < -0.39 is 46.9 Å². The number of rotatable bonds is 5. The monoisotopic (exact) mass is 472 g/mol. The first-order chi connectivity index (χ1) is 13.7. The zero-order valence-electron chi connectivity index (χ0n) is 14.7. The molecule has 0 bridgehead atoms. The Morgan fingerprint density at radius 1 is 0.933 bits per heavy atom. The number of benzene rings is 2. The average Bonchev–Trinajstić information content (AvgIpc) is 2.61. The van der Waals surface area contributed by atoms with Gasteiger partial charge < -0.3 is 11.1 Å². The zero-order chi connectivity index (χ0) is 22.9. The Hall–Kier alpha value is -2.46. The molecule has 1 atom stereocenters. The first kappa shape index (κ1) is 23.8. The molecule has 0 aliphatic rings. The van der Waals surface area contributed by atoms with Crippen molar-refractivity contribution in [1.29, 1.82) is 0 Å². The lowest BCUT2D eigenvalue weighted by Crippen LogP contribution is -2.46. The maximum Gasteiger partial charge on any atom is 0.416 e. The molecule has 3 N–H and O–H groups in total. The zero-order valence-corrected chi connectivity index (χ0v) is 16.2. The number of amides is 2. The summed E-state index contributed by atoms with van der Waals surface area (Å²) in [5.74, 6) is -2.42. The van der Waals surface area contributed by atoms with Gasteiger partial charge in [0.05, 0.1) is 11.1 Å². The largest absolute Gasteiger partial charge is 0.416 e. The van der Waals surface area contributed by atoms with E-state index in [1.54, 1.807) is 0 Å². The van der Waals surface area contributed by atoms with Crippen LogP contribution in [0.2, 0.25) is 10.0 Å². The van der Waals surface area contributed by atoms with Gasteiger partial charge in [-0.05, 0) is 35.9 Å². The summed E-state index contributed by atoms with van der Waals surface area (Å²) in [6, 6.07) is 3.14. The van der Waals surface area contributed by atoms with Crippen molar-refractivity contribution in [3.8, 4) is 0 Å². The summed E-state index contributed by atoms with van der Waals surface area (Å²) in [5, 5.41) is 2.45. The summed E-state index contributed by atoms with van der Waals surface area (Å²) >= 11 is 11.7. The van der Waals surface area contributed by atoms with Gasteiger partial charge in [-0.25, -0.2) is 0 Å². The highest BCUT2D eigenvalue weighted by molar-refractivity contribution is 6.35. The highest BCUT2D eigenvalue weighted by Gasteiger charge is 2.37. The van der Waals surface area contributed by atoms with Crippen molar-refractivity contribution in [1.82, 2.24) is 5.32 Å². The van der Waals surface area contributed by atoms with Gasteiger partial charge in [0.2, 0.25) is 5.91 Å². The van der Waals surface area contributed by atoms with Gasteiger partial charge in [0.15, 0.2) is 0 Å². The Morgan fingerprint density at radius 2 is 1.47 bits per heavy atom. The van der Waals surface area contributed by atoms with E-state index >= 15 is 0 Å². The molecular weight excluding hydrogens is 461 g/mol. The summed E-state index contributed by atoms with van der Waals surface area (Å²) in [4.78, 5) is 24.0. The molecule has 0 saturated heterocycles. The summed E-state index contributed by atoms with van der Waals surface area (Å²) in [6.45, 7) is 0. The molecule has 2 aromatic rings. The van der Waals surface area contributed by atoms with Crippen LogP contribution in [0, 0.1) is 0 Å². The Labute approximate surface area is 175 Å². The van der Waals surface area contributed by atoms with Gasteiger partial charge in [-0.15, -0.1) is 0 Å². The van der Waals surface area contributed by atoms with E-state index in [9.17, 15) is 35.9 Å². The van der Waals surface area contributed by atoms with Crippen LogP contribution in [0.25, 0.3) is 0 Å². The fourth-order valence-electron chi connectivity index (χ4n) is 2.46. The third-order valence-electron chi connectivity index (χ3n) is 3.94. The predicted molar refractivity (Wildman–Crippen MR) is 97.1 cm³/mol. The van der Waals surface area contributed by atoms with Gasteiger partial charge in [0, 0.05) is 22.0 Å². The average molecular weight is 473 g/mol. The van der Waals surface area contributed by atoms with Crippen molar-refractivity contribution in [2.24, 2.45) is 5.73 Å². The summed E-state index contributed by atoms with van der Waals surface area (Å²) in [6.07, 6.45) is -10.5. The first-order valence-electron chi connectivity index (χ1n) is 8.02. The Bertz CT molecular complexity index is 944. The van der Waals surface area contributed by atoms with Crippen LogP contribution >= 0.6 is 23.2 Å². The van der Waals surface area contributed by atoms with Crippen molar-refractivity contribution in [2.45, 2.75) is 24.8 Å². The SMILES string of the molecule is NC(=O)[C@@H](Cc1ccc(Cl)cc1Cl)NC(=O)c1cc(C(F)(F)F)cc(C(F)(F)F)c1. The molecule has 0 heterocycles. The molecule has 0 aliphatic heterocycles. The number of hydrogen-bond donors (Lipinski definition) is 2. The number of nitrogens with one attached hydrogen (secondary N) is 1. The minimum Gasteiger partial charge on any atom is -0.368 e. The van der Waals surface area contributed by atoms with Gasteiger partial charge >= 0.3 is 12.4 Å². The van der Waals surface area contributed by atoms with Gasteiger partial charge in [0.1, 0.15) is 6.04 Å². The molecule has 0 aliphatic carbocycles. The number of halogens is 8. The van der Waals surface area contributed by atoms with E-state index in [4.69, 9.17) is 28.9 Å². The van der Waals surface area contributed by atoms with Crippen LogP contribution in [0.3, 0.4) is 0 Å². The lowest BCUT2D eigenvalue weighted by molar-refractivity contribution is -0.143. The number of primary amides is 1. The Morgan fingerprint density at radius 3 is 1.90 bits per heavy atom. The van der Waals surface area contributed by atoms with Crippen molar-refractivity contribution in [3.63, 3.8) is 0 Å². The molecular formula is C18H12Cl2F6N2O2. The third-order valence-corrected chi connectivity index (χ3v) is 4.52. The lowest BCUT2D eigenvalue weighted by atomic mass is 10.0. The van der Waals surface area contributed by atoms with Crippen molar-refractivity contribution in [2.75, 3.05) is 0 Å². The number of carbonyl (C=O) groups excluding carboxylic acids is 2. The second-order valence-electron chi connectivity index (χ2n) is 6.16. The third kappa shape index (κ3) is 6.02. The molecule has 0 spiro atoms. The molecule has 0 unspecified atom stereocenters. The van der Waals surface area contributed by atoms with E-state index in [1.165, 1.54) is 18.2 Å². The molecule has 12 heteroatoms. The smallest absolute Gasteiger partial charge is 0.368 e. The van der Waals surface area contributed by atoms with Crippen molar-refractivity contribution >= 4 is 35.0 Å². The second kappa shape index (κ2) is 8.73. The molecule has 2 rings (SSSR count).